The lowest BCUT2D eigenvalue weighted by Gasteiger charge is -2.17. The van der Waals surface area contributed by atoms with Gasteiger partial charge >= 0.3 is 5.97 Å². The highest BCUT2D eigenvalue weighted by atomic mass is 28.4. The largest absolute Gasteiger partial charge is 0.514 e. The number of ketones is 1. The van der Waals surface area contributed by atoms with Gasteiger partial charge in [0.15, 0.2) is 0 Å². The van der Waals surface area contributed by atoms with E-state index in [1.54, 1.807) is 6.92 Å². The zero-order chi connectivity index (χ0) is 10.6. The Morgan fingerprint density at radius 1 is 1.31 bits per heavy atom. The summed E-state index contributed by atoms with van der Waals surface area (Å²) in [6.45, 7) is 9.27. The van der Waals surface area contributed by atoms with Crippen molar-refractivity contribution in [3.63, 3.8) is 0 Å². The molecule has 1 unspecified atom stereocenters. The summed E-state index contributed by atoms with van der Waals surface area (Å²) in [5.41, 5.74) is 0. The summed E-state index contributed by atoms with van der Waals surface area (Å²) >= 11 is 0. The molecule has 1 atom stereocenters. The minimum Gasteiger partial charge on any atom is -0.514 e. The third-order valence-corrected chi connectivity index (χ3v) is 2.46. The fourth-order valence-electron chi connectivity index (χ4n) is 0.715. The Labute approximate surface area is 80.6 Å². The molecular formula is C9H18O3Si. The van der Waals surface area contributed by atoms with Crippen molar-refractivity contribution in [1.29, 1.82) is 0 Å². The molecule has 0 saturated heterocycles. The highest BCUT2D eigenvalue weighted by Gasteiger charge is 2.27. The highest BCUT2D eigenvalue weighted by molar-refractivity contribution is 6.72. The van der Waals surface area contributed by atoms with E-state index in [0.717, 1.165) is 0 Å². The van der Waals surface area contributed by atoms with Crippen LogP contribution in [-0.2, 0) is 14.0 Å². The molecule has 3 nitrogen and oxygen atoms in total. The van der Waals surface area contributed by atoms with Gasteiger partial charge in [-0.1, -0.05) is 13.8 Å². The molecule has 0 amide bonds. The third-order valence-electron chi connectivity index (χ3n) is 1.66. The monoisotopic (exact) mass is 202 g/mol. The van der Waals surface area contributed by atoms with Gasteiger partial charge in [-0.25, -0.2) is 4.79 Å². The van der Waals surface area contributed by atoms with Gasteiger partial charge in [0, 0.05) is 5.92 Å². The summed E-state index contributed by atoms with van der Waals surface area (Å²) in [5, 5.41) is 0. The van der Waals surface area contributed by atoms with Crippen molar-refractivity contribution in [2.24, 2.45) is 5.92 Å². The first kappa shape index (κ1) is 12.4. The molecule has 0 aliphatic carbocycles. The smallest absolute Gasteiger partial charge is 0.361 e. The molecule has 13 heavy (non-hydrogen) atoms. The maximum atomic E-state index is 11.3. The summed E-state index contributed by atoms with van der Waals surface area (Å²) in [7, 11) is -1.91. The van der Waals surface area contributed by atoms with E-state index in [1.165, 1.54) is 0 Å². The average Bonchev–Trinajstić information content (AvgIpc) is 1.98. The Hall–Kier alpha value is -0.643. The van der Waals surface area contributed by atoms with E-state index >= 15 is 0 Å². The topological polar surface area (TPSA) is 43.4 Å². The number of carbonyl (C=O) groups excluding carboxylic acids is 2. The van der Waals surface area contributed by atoms with Crippen molar-refractivity contribution in [3.8, 4) is 0 Å². The molecule has 76 valence electrons. The molecule has 0 aliphatic heterocycles. The van der Waals surface area contributed by atoms with E-state index in [0.29, 0.717) is 6.42 Å². The second-order valence-corrected chi connectivity index (χ2v) is 8.60. The fourth-order valence-corrected chi connectivity index (χ4v) is 1.37. The van der Waals surface area contributed by atoms with Crippen molar-refractivity contribution < 1.29 is 14.0 Å². The number of Topliss-reactive ketones (excluding diaryl/α,β-unsaturated/α-hetero) is 1. The standard InChI is InChI=1S/C9H18O3Si/c1-6-7(2)8(10)9(11)12-13(3,4)5/h7H,6H2,1-5H3. The Morgan fingerprint density at radius 2 is 1.77 bits per heavy atom. The van der Waals surface area contributed by atoms with Crippen LogP contribution in [0.3, 0.4) is 0 Å². The van der Waals surface area contributed by atoms with Gasteiger partial charge in [-0.05, 0) is 26.1 Å². The molecule has 0 aromatic rings. The van der Waals surface area contributed by atoms with Crippen LogP contribution in [0.2, 0.25) is 19.6 Å². The normalized spacial score (nSPS) is 13.6. The van der Waals surface area contributed by atoms with E-state index in [-0.39, 0.29) is 5.92 Å². The molecular weight excluding hydrogens is 184 g/mol. The molecule has 0 spiro atoms. The quantitative estimate of drug-likeness (QED) is 0.517. The molecule has 0 aliphatic rings. The number of carbonyl (C=O) groups is 2. The van der Waals surface area contributed by atoms with Crippen LogP contribution in [0.1, 0.15) is 20.3 Å². The Kier molecular flexibility index (Phi) is 4.33. The number of hydrogen-bond acceptors (Lipinski definition) is 3. The zero-order valence-electron chi connectivity index (χ0n) is 9.01. The SMILES string of the molecule is CCC(C)C(=O)C(=O)O[Si](C)(C)C. The van der Waals surface area contributed by atoms with Gasteiger partial charge in [0.1, 0.15) is 0 Å². The van der Waals surface area contributed by atoms with Crippen LogP contribution in [-0.4, -0.2) is 20.1 Å². The van der Waals surface area contributed by atoms with Crippen LogP contribution in [0.25, 0.3) is 0 Å². The first-order valence-electron chi connectivity index (χ1n) is 4.55. The second kappa shape index (κ2) is 4.55. The van der Waals surface area contributed by atoms with Crippen molar-refractivity contribution in [2.45, 2.75) is 39.9 Å². The van der Waals surface area contributed by atoms with E-state index in [2.05, 4.69) is 0 Å². The van der Waals surface area contributed by atoms with Crippen LogP contribution in [0.15, 0.2) is 0 Å². The molecule has 0 aromatic carbocycles. The summed E-state index contributed by atoms with van der Waals surface area (Å²) in [6.07, 6.45) is 0.680. The van der Waals surface area contributed by atoms with Crippen LogP contribution in [0.5, 0.6) is 0 Å². The van der Waals surface area contributed by atoms with Crippen molar-refractivity contribution >= 4 is 20.1 Å². The van der Waals surface area contributed by atoms with Gasteiger partial charge in [0.25, 0.3) is 0 Å². The Morgan fingerprint density at radius 3 is 2.08 bits per heavy atom. The molecule has 0 radical (unpaired) electrons. The minimum absolute atomic E-state index is 0.219. The predicted molar refractivity (Wildman–Crippen MR) is 53.9 cm³/mol. The molecule has 0 aromatic heterocycles. The van der Waals surface area contributed by atoms with Gasteiger partial charge in [-0.2, -0.15) is 0 Å². The van der Waals surface area contributed by atoms with Crippen molar-refractivity contribution in [2.75, 3.05) is 0 Å². The van der Waals surface area contributed by atoms with Gasteiger partial charge in [-0.3, -0.25) is 4.79 Å². The van der Waals surface area contributed by atoms with Crippen LogP contribution < -0.4 is 0 Å². The lowest BCUT2D eigenvalue weighted by Crippen LogP contribution is -2.35. The third kappa shape index (κ3) is 4.82. The second-order valence-electron chi connectivity index (χ2n) is 4.18. The van der Waals surface area contributed by atoms with Gasteiger partial charge in [0.2, 0.25) is 14.1 Å². The van der Waals surface area contributed by atoms with E-state index < -0.39 is 20.1 Å². The lowest BCUT2D eigenvalue weighted by atomic mass is 10.0. The maximum Gasteiger partial charge on any atom is 0.361 e. The summed E-state index contributed by atoms with van der Waals surface area (Å²) < 4.78 is 5.07. The number of rotatable bonds is 4. The fraction of sp³-hybridized carbons (Fsp3) is 0.778. The summed E-state index contributed by atoms with van der Waals surface area (Å²) in [5.74, 6) is -1.28. The molecule has 4 heteroatoms. The maximum absolute atomic E-state index is 11.3. The molecule has 0 bridgehead atoms. The summed E-state index contributed by atoms with van der Waals surface area (Å²) in [6, 6.07) is 0. The molecule has 0 N–H and O–H groups in total. The van der Waals surface area contributed by atoms with Gasteiger partial charge in [-0.15, -0.1) is 0 Å². The van der Waals surface area contributed by atoms with E-state index in [9.17, 15) is 9.59 Å². The number of hydrogen-bond donors (Lipinski definition) is 0. The first-order valence-corrected chi connectivity index (χ1v) is 7.96. The average molecular weight is 202 g/mol. The zero-order valence-corrected chi connectivity index (χ0v) is 10.0. The lowest BCUT2D eigenvalue weighted by molar-refractivity contribution is -0.149. The van der Waals surface area contributed by atoms with E-state index in [1.807, 2.05) is 26.6 Å². The Balaban J connectivity index is 4.21. The minimum atomic E-state index is -1.91. The highest BCUT2D eigenvalue weighted by Crippen LogP contribution is 2.08. The van der Waals surface area contributed by atoms with E-state index in [4.69, 9.17) is 4.43 Å². The molecule has 0 saturated carbocycles. The van der Waals surface area contributed by atoms with Gasteiger partial charge in [0.05, 0.1) is 0 Å². The van der Waals surface area contributed by atoms with Crippen LogP contribution >= 0.6 is 0 Å². The van der Waals surface area contributed by atoms with Crippen molar-refractivity contribution in [1.82, 2.24) is 0 Å². The van der Waals surface area contributed by atoms with Crippen LogP contribution in [0, 0.1) is 5.92 Å². The van der Waals surface area contributed by atoms with Crippen molar-refractivity contribution in [3.05, 3.63) is 0 Å². The first-order chi connectivity index (χ1) is 5.78. The van der Waals surface area contributed by atoms with Gasteiger partial charge < -0.3 is 4.43 Å². The summed E-state index contributed by atoms with van der Waals surface area (Å²) in [4.78, 5) is 22.5. The van der Waals surface area contributed by atoms with Crippen LogP contribution in [0.4, 0.5) is 0 Å². The molecule has 0 fully saturated rings. The molecule has 0 heterocycles. The Bertz CT molecular complexity index is 205. The predicted octanol–water partition coefficient (Wildman–Crippen LogP) is 1.98. The molecule has 0 rings (SSSR count).